The van der Waals surface area contributed by atoms with Gasteiger partial charge in [0.1, 0.15) is 0 Å². The second kappa shape index (κ2) is 7.21. The van der Waals surface area contributed by atoms with E-state index in [1.807, 2.05) is 30.3 Å². The second-order valence-electron chi connectivity index (χ2n) is 5.59. The Labute approximate surface area is 150 Å². The van der Waals surface area contributed by atoms with E-state index in [1.54, 1.807) is 18.2 Å². The summed E-state index contributed by atoms with van der Waals surface area (Å²) in [5.41, 5.74) is 2.59. The molecule has 7 heteroatoms. The van der Waals surface area contributed by atoms with E-state index in [0.717, 1.165) is 17.4 Å². The number of halogens is 2. The molecule has 0 unspecified atom stereocenters. The highest BCUT2D eigenvalue weighted by Crippen LogP contribution is 2.33. The van der Waals surface area contributed by atoms with Gasteiger partial charge in [-0.25, -0.2) is 13.4 Å². The molecule has 3 aromatic rings. The van der Waals surface area contributed by atoms with Crippen molar-refractivity contribution in [3.8, 4) is 28.3 Å². The fourth-order valence-corrected chi connectivity index (χ4v) is 3.16. The van der Waals surface area contributed by atoms with Crippen molar-refractivity contribution in [3.63, 3.8) is 0 Å². The summed E-state index contributed by atoms with van der Waals surface area (Å²) >= 11 is 0. The molecule has 3 rings (SSSR count). The molecule has 0 aliphatic carbocycles. The summed E-state index contributed by atoms with van der Waals surface area (Å²) in [7, 11) is -3.33. The van der Waals surface area contributed by atoms with Crippen molar-refractivity contribution < 1.29 is 21.9 Å². The quantitative estimate of drug-likeness (QED) is 0.662. The van der Waals surface area contributed by atoms with Gasteiger partial charge in [-0.15, -0.1) is 0 Å². The lowest BCUT2D eigenvalue weighted by atomic mass is 9.99. The van der Waals surface area contributed by atoms with Crippen molar-refractivity contribution in [3.05, 3.63) is 66.7 Å². The van der Waals surface area contributed by atoms with Gasteiger partial charge in [0.05, 0.1) is 10.6 Å². The average molecular weight is 375 g/mol. The van der Waals surface area contributed by atoms with E-state index in [1.165, 1.54) is 18.2 Å². The minimum absolute atomic E-state index is 0.169. The molecule has 0 amide bonds. The Morgan fingerprint density at radius 2 is 1.54 bits per heavy atom. The first-order chi connectivity index (χ1) is 12.3. The molecule has 4 nitrogen and oxygen atoms in total. The van der Waals surface area contributed by atoms with Crippen LogP contribution >= 0.6 is 0 Å². The molecule has 0 radical (unpaired) electrons. The van der Waals surface area contributed by atoms with Crippen LogP contribution in [0, 0.1) is 0 Å². The summed E-state index contributed by atoms with van der Waals surface area (Å²) in [5, 5.41) is 0. The topological polar surface area (TPSA) is 56.3 Å². The first-order valence-corrected chi connectivity index (χ1v) is 9.55. The number of hydrogen-bond acceptors (Lipinski definition) is 4. The lowest BCUT2D eigenvalue weighted by molar-refractivity contribution is -0.0527. The molecular weight excluding hydrogens is 360 g/mol. The predicted molar refractivity (Wildman–Crippen MR) is 94.9 cm³/mol. The molecular formula is C19H15F2NO3S. The largest absolute Gasteiger partial charge is 0.417 e. The first-order valence-electron chi connectivity index (χ1n) is 7.66. The maximum Gasteiger partial charge on any atom is 0.388 e. The number of benzene rings is 2. The lowest BCUT2D eigenvalue weighted by Gasteiger charge is -2.12. The van der Waals surface area contributed by atoms with Crippen LogP contribution in [0.2, 0.25) is 0 Å². The van der Waals surface area contributed by atoms with Gasteiger partial charge in [0.15, 0.2) is 9.84 Å². The third-order valence-corrected chi connectivity index (χ3v) is 4.85. The van der Waals surface area contributed by atoms with Crippen LogP contribution in [0.4, 0.5) is 8.78 Å². The van der Waals surface area contributed by atoms with Gasteiger partial charge in [0.25, 0.3) is 0 Å². The monoisotopic (exact) mass is 375 g/mol. The smallest absolute Gasteiger partial charge is 0.388 e. The Kier molecular flexibility index (Phi) is 4.99. The molecule has 1 heterocycles. The van der Waals surface area contributed by atoms with Gasteiger partial charge in [-0.2, -0.15) is 8.78 Å². The molecule has 0 N–H and O–H groups in total. The third kappa shape index (κ3) is 4.05. The Balaban J connectivity index is 2.13. The fourth-order valence-electron chi connectivity index (χ4n) is 2.53. The second-order valence-corrected chi connectivity index (χ2v) is 7.60. The highest BCUT2D eigenvalue weighted by molar-refractivity contribution is 7.90. The maximum atomic E-state index is 12.5. The van der Waals surface area contributed by atoms with Crippen molar-refractivity contribution in [2.45, 2.75) is 11.5 Å². The Morgan fingerprint density at radius 1 is 0.885 bits per heavy atom. The Morgan fingerprint density at radius 3 is 2.12 bits per heavy atom. The summed E-state index contributed by atoms with van der Waals surface area (Å²) in [4.78, 5) is 4.37. The number of alkyl halides is 2. The number of rotatable bonds is 5. The predicted octanol–water partition coefficient (Wildman–Crippen LogP) is 4.42. The van der Waals surface area contributed by atoms with Crippen molar-refractivity contribution in [1.82, 2.24) is 4.98 Å². The van der Waals surface area contributed by atoms with Crippen LogP contribution in [-0.4, -0.2) is 26.3 Å². The van der Waals surface area contributed by atoms with Gasteiger partial charge in [-0.05, 0) is 23.8 Å². The molecule has 26 heavy (non-hydrogen) atoms. The van der Waals surface area contributed by atoms with E-state index in [-0.39, 0.29) is 10.8 Å². The lowest BCUT2D eigenvalue weighted by Crippen LogP contribution is -2.04. The number of aromatic nitrogens is 1. The van der Waals surface area contributed by atoms with Gasteiger partial charge in [-0.1, -0.05) is 42.5 Å². The molecule has 1 aromatic heterocycles. The highest BCUT2D eigenvalue weighted by Gasteiger charge is 2.14. The number of hydrogen-bond donors (Lipinski definition) is 0. The standard InChI is InChI=1S/C19H15F2NO3S/c1-26(23,24)15-9-7-14(8-10-15)18-16(13-5-3-2-4-6-13)11-12-17(22-18)25-19(20)21/h2-12,19H,1H3. The zero-order valence-electron chi connectivity index (χ0n) is 13.8. The van der Waals surface area contributed by atoms with Crippen molar-refractivity contribution >= 4 is 9.84 Å². The minimum Gasteiger partial charge on any atom is -0.417 e. The van der Waals surface area contributed by atoms with Crippen molar-refractivity contribution in [2.75, 3.05) is 6.26 Å². The Bertz CT molecular complexity index is 1000. The van der Waals surface area contributed by atoms with Gasteiger partial charge in [0, 0.05) is 23.4 Å². The number of sulfone groups is 1. The van der Waals surface area contributed by atoms with E-state index in [2.05, 4.69) is 9.72 Å². The molecule has 0 saturated carbocycles. The fraction of sp³-hybridized carbons (Fsp3) is 0.105. The Hall–Kier alpha value is -2.80. The molecule has 0 aliphatic heterocycles. The molecule has 0 aliphatic rings. The molecule has 0 atom stereocenters. The normalized spacial score (nSPS) is 11.5. The number of nitrogens with zero attached hydrogens (tertiary/aromatic N) is 1. The number of ether oxygens (including phenoxy) is 1. The molecule has 2 aromatic carbocycles. The van der Waals surface area contributed by atoms with Crippen LogP contribution < -0.4 is 4.74 Å². The molecule has 0 saturated heterocycles. The summed E-state index contributed by atoms with van der Waals surface area (Å²) in [6, 6.07) is 18.5. The van der Waals surface area contributed by atoms with E-state index in [9.17, 15) is 17.2 Å². The highest BCUT2D eigenvalue weighted by atomic mass is 32.2. The van der Waals surface area contributed by atoms with Gasteiger partial charge in [-0.3, -0.25) is 0 Å². The minimum atomic E-state index is -3.33. The van der Waals surface area contributed by atoms with E-state index in [4.69, 9.17) is 0 Å². The van der Waals surface area contributed by atoms with Gasteiger partial charge in [0.2, 0.25) is 5.88 Å². The summed E-state index contributed by atoms with van der Waals surface area (Å²) in [6.07, 6.45) is 1.12. The molecule has 0 bridgehead atoms. The average Bonchev–Trinajstić information content (AvgIpc) is 2.61. The maximum absolute atomic E-state index is 12.5. The number of pyridine rings is 1. The van der Waals surface area contributed by atoms with Crippen molar-refractivity contribution in [2.24, 2.45) is 0 Å². The first kappa shape index (κ1) is 18.0. The zero-order chi connectivity index (χ0) is 18.7. The van der Waals surface area contributed by atoms with Crippen LogP contribution in [0.15, 0.2) is 71.6 Å². The van der Waals surface area contributed by atoms with Crippen LogP contribution in [0.5, 0.6) is 5.88 Å². The summed E-state index contributed by atoms with van der Waals surface area (Å²) in [5.74, 6) is -0.207. The zero-order valence-corrected chi connectivity index (χ0v) is 14.6. The van der Waals surface area contributed by atoms with Gasteiger partial charge >= 0.3 is 6.61 Å². The SMILES string of the molecule is CS(=O)(=O)c1ccc(-c2nc(OC(F)F)ccc2-c2ccccc2)cc1. The van der Waals surface area contributed by atoms with Crippen LogP contribution in [-0.2, 0) is 9.84 Å². The van der Waals surface area contributed by atoms with E-state index >= 15 is 0 Å². The van der Waals surface area contributed by atoms with E-state index in [0.29, 0.717) is 11.3 Å². The van der Waals surface area contributed by atoms with E-state index < -0.39 is 16.4 Å². The molecule has 0 spiro atoms. The summed E-state index contributed by atoms with van der Waals surface area (Å²) < 4.78 is 52.7. The van der Waals surface area contributed by atoms with Gasteiger partial charge < -0.3 is 4.74 Å². The van der Waals surface area contributed by atoms with Crippen LogP contribution in [0.1, 0.15) is 0 Å². The summed E-state index contributed by atoms with van der Waals surface area (Å²) in [6.45, 7) is -2.98. The molecule has 0 fully saturated rings. The van der Waals surface area contributed by atoms with Crippen LogP contribution in [0.3, 0.4) is 0 Å². The third-order valence-electron chi connectivity index (χ3n) is 3.72. The molecule has 134 valence electrons. The van der Waals surface area contributed by atoms with Crippen LogP contribution in [0.25, 0.3) is 22.4 Å². The van der Waals surface area contributed by atoms with Crippen molar-refractivity contribution in [1.29, 1.82) is 0 Å².